The van der Waals surface area contributed by atoms with E-state index in [2.05, 4.69) is 10.6 Å². The first-order valence-corrected chi connectivity index (χ1v) is 10.4. The fourth-order valence-corrected chi connectivity index (χ4v) is 3.62. The molecule has 4 aromatic rings. The third-order valence-electron chi connectivity index (χ3n) is 5.34. The van der Waals surface area contributed by atoms with E-state index >= 15 is 0 Å². The average Bonchev–Trinajstić information content (AvgIpc) is 2.88. The number of rotatable bonds is 6. The molecule has 172 valence electrons. The van der Waals surface area contributed by atoms with Crippen LogP contribution in [0.5, 0.6) is 11.5 Å². The molecule has 2 amide bonds. The summed E-state index contributed by atoms with van der Waals surface area (Å²) >= 11 is 0. The van der Waals surface area contributed by atoms with Gasteiger partial charge in [0.15, 0.2) is 11.5 Å². The minimum atomic E-state index is -0.678. The van der Waals surface area contributed by atoms with Crippen LogP contribution in [0.3, 0.4) is 0 Å². The molecule has 1 aromatic heterocycles. The van der Waals surface area contributed by atoms with Crippen LogP contribution in [-0.4, -0.2) is 38.1 Å². The summed E-state index contributed by atoms with van der Waals surface area (Å²) in [6.45, 7) is 0. The van der Waals surface area contributed by atoms with Gasteiger partial charge in [0, 0.05) is 23.7 Å². The van der Waals surface area contributed by atoms with Crippen molar-refractivity contribution in [2.45, 2.75) is 0 Å². The fourth-order valence-electron chi connectivity index (χ4n) is 3.62. The normalized spacial score (nSPS) is 10.6. The van der Waals surface area contributed by atoms with Crippen LogP contribution in [0.2, 0.25) is 0 Å². The monoisotopic (exact) mass is 459 g/mol. The second-order valence-electron chi connectivity index (χ2n) is 7.37. The van der Waals surface area contributed by atoms with Gasteiger partial charge in [-0.05, 0) is 48.5 Å². The number of methoxy groups -OCH3 is 2. The minimum Gasteiger partial charge on any atom is -0.493 e. The molecule has 0 atom stereocenters. The Morgan fingerprint density at radius 3 is 2.35 bits per heavy atom. The Kier molecular flexibility index (Phi) is 6.40. The molecule has 0 saturated carbocycles. The van der Waals surface area contributed by atoms with Crippen molar-refractivity contribution in [2.75, 3.05) is 26.6 Å². The number of benzene rings is 3. The van der Waals surface area contributed by atoms with Crippen LogP contribution in [-0.2, 0) is 0 Å². The number of aromatic nitrogens is 1. The van der Waals surface area contributed by atoms with Crippen molar-refractivity contribution in [3.63, 3.8) is 0 Å². The number of hydrogen-bond acceptors (Lipinski definition) is 5. The first kappa shape index (κ1) is 22.7. The van der Waals surface area contributed by atoms with E-state index < -0.39 is 17.6 Å². The van der Waals surface area contributed by atoms with Gasteiger partial charge in [0.1, 0.15) is 5.82 Å². The van der Waals surface area contributed by atoms with Gasteiger partial charge < -0.3 is 20.1 Å². The third kappa shape index (κ3) is 4.38. The number of anilines is 1. The van der Waals surface area contributed by atoms with Crippen molar-refractivity contribution in [2.24, 2.45) is 0 Å². The standard InChI is InChI=1S/C26H22FN3O4/c1-28-25(31)19-13-16(9-10-20(19)27)29-26(32)18-14-22(30-21-7-5-4-6-17(18)21)15-8-11-23(33-2)24(12-15)34-3/h4-14H,1-3H3,(H,28,31)(H,29,32). The maximum atomic E-state index is 14.0. The number of para-hydroxylation sites is 1. The first-order chi connectivity index (χ1) is 16.4. The summed E-state index contributed by atoms with van der Waals surface area (Å²) in [5.41, 5.74) is 2.44. The number of carbonyl (C=O) groups excluding carboxylic acids is 2. The van der Waals surface area contributed by atoms with Crippen LogP contribution in [0.4, 0.5) is 10.1 Å². The van der Waals surface area contributed by atoms with Gasteiger partial charge in [-0.2, -0.15) is 0 Å². The molecule has 1 heterocycles. The number of halogens is 1. The van der Waals surface area contributed by atoms with Crippen LogP contribution in [0.25, 0.3) is 22.2 Å². The van der Waals surface area contributed by atoms with E-state index in [0.29, 0.717) is 39.3 Å². The van der Waals surface area contributed by atoms with Gasteiger partial charge >= 0.3 is 0 Å². The van der Waals surface area contributed by atoms with Crippen LogP contribution in [0, 0.1) is 5.82 Å². The molecule has 0 aliphatic carbocycles. The Bertz CT molecular complexity index is 1400. The second-order valence-corrected chi connectivity index (χ2v) is 7.37. The topological polar surface area (TPSA) is 89.6 Å². The Morgan fingerprint density at radius 1 is 0.853 bits per heavy atom. The number of amides is 2. The van der Waals surface area contributed by atoms with E-state index in [1.54, 1.807) is 38.5 Å². The molecule has 0 bridgehead atoms. The number of nitrogens with zero attached hydrogens (tertiary/aromatic N) is 1. The summed E-state index contributed by atoms with van der Waals surface area (Å²) in [6.07, 6.45) is 0. The summed E-state index contributed by atoms with van der Waals surface area (Å²) in [6, 6.07) is 18.2. The lowest BCUT2D eigenvalue weighted by atomic mass is 10.0. The Morgan fingerprint density at radius 2 is 1.62 bits per heavy atom. The molecule has 0 unspecified atom stereocenters. The maximum absolute atomic E-state index is 14.0. The first-order valence-electron chi connectivity index (χ1n) is 10.4. The van der Waals surface area contributed by atoms with Crippen LogP contribution < -0.4 is 20.1 Å². The molecule has 3 aromatic carbocycles. The van der Waals surface area contributed by atoms with E-state index in [4.69, 9.17) is 14.5 Å². The zero-order chi connectivity index (χ0) is 24.2. The van der Waals surface area contributed by atoms with Crippen LogP contribution in [0.15, 0.2) is 66.7 Å². The molecule has 0 aliphatic rings. The van der Waals surface area contributed by atoms with E-state index in [0.717, 1.165) is 11.6 Å². The Balaban J connectivity index is 1.77. The van der Waals surface area contributed by atoms with Crippen molar-refractivity contribution in [3.05, 3.63) is 83.7 Å². The van der Waals surface area contributed by atoms with E-state index in [9.17, 15) is 14.0 Å². The molecule has 0 spiro atoms. The molecule has 7 nitrogen and oxygen atoms in total. The van der Waals surface area contributed by atoms with Crippen molar-refractivity contribution < 1.29 is 23.5 Å². The molecule has 8 heteroatoms. The molecule has 0 radical (unpaired) electrons. The highest BCUT2D eigenvalue weighted by Gasteiger charge is 2.17. The summed E-state index contributed by atoms with van der Waals surface area (Å²) in [4.78, 5) is 29.9. The quantitative estimate of drug-likeness (QED) is 0.437. The highest BCUT2D eigenvalue weighted by atomic mass is 19.1. The molecule has 2 N–H and O–H groups in total. The van der Waals surface area contributed by atoms with Crippen molar-refractivity contribution in [1.29, 1.82) is 0 Å². The number of nitrogens with one attached hydrogen (secondary N) is 2. The predicted octanol–water partition coefficient (Wildman–Crippen LogP) is 4.67. The van der Waals surface area contributed by atoms with Gasteiger partial charge in [-0.25, -0.2) is 9.37 Å². The average molecular weight is 459 g/mol. The summed E-state index contributed by atoms with van der Waals surface area (Å²) in [7, 11) is 4.51. The largest absolute Gasteiger partial charge is 0.493 e. The number of carbonyl (C=O) groups is 2. The summed E-state index contributed by atoms with van der Waals surface area (Å²) in [5, 5.41) is 5.79. The summed E-state index contributed by atoms with van der Waals surface area (Å²) in [5.74, 6) is -0.571. The third-order valence-corrected chi connectivity index (χ3v) is 5.34. The molecular formula is C26H22FN3O4. The smallest absolute Gasteiger partial charge is 0.256 e. The Hall–Kier alpha value is -4.46. The zero-order valence-corrected chi connectivity index (χ0v) is 18.8. The van der Waals surface area contributed by atoms with E-state index in [-0.39, 0.29) is 5.56 Å². The SMILES string of the molecule is CNC(=O)c1cc(NC(=O)c2cc(-c3ccc(OC)c(OC)c3)nc3ccccc23)ccc1F. The van der Waals surface area contributed by atoms with Gasteiger partial charge in [0.2, 0.25) is 0 Å². The van der Waals surface area contributed by atoms with E-state index in [1.807, 2.05) is 24.3 Å². The lowest BCUT2D eigenvalue weighted by Gasteiger charge is -2.13. The number of ether oxygens (including phenoxy) is 2. The Labute approximate surface area is 195 Å². The number of hydrogen-bond donors (Lipinski definition) is 2. The van der Waals surface area contributed by atoms with Gasteiger partial charge in [-0.3, -0.25) is 9.59 Å². The molecule has 0 fully saturated rings. The molecule has 0 aliphatic heterocycles. The van der Waals surface area contributed by atoms with Crippen LogP contribution >= 0.6 is 0 Å². The van der Waals surface area contributed by atoms with Gasteiger partial charge in [0.05, 0.1) is 36.6 Å². The second kappa shape index (κ2) is 9.58. The van der Waals surface area contributed by atoms with Crippen molar-refractivity contribution in [1.82, 2.24) is 10.3 Å². The lowest BCUT2D eigenvalue weighted by molar-refractivity contribution is 0.0957. The molecule has 34 heavy (non-hydrogen) atoms. The zero-order valence-electron chi connectivity index (χ0n) is 18.8. The maximum Gasteiger partial charge on any atom is 0.256 e. The minimum absolute atomic E-state index is 0.161. The van der Waals surface area contributed by atoms with Gasteiger partial charge in [-0.1, -0.05) is 18.2 Å². The number of pyridine rings is 1. The van der Waals surface area contributed by atoms with Gasteiger partial charge in [-0.15, -0.1) is 0 Å². The highest BCUT2D eigenvalue weighted by Crippen LogP contribution is 2.33. The molecule has 0 saturated heterocycles. The molecular weight excluding hydrogens is 437 g/mol. The van der Waals surface area contributed by atoms with Crippen molar-refractivity contribution in [3.8, 4) is 22.8 Å². The van der Waals surface area contributed by atoms with E-state index in [1.165, 1.54) is 19.2 Å². The number of fused-ring (bicyclic) bond motifs is 1. The van der Waals surface area contributed by atoms with Crippen molar-refractivity contribution >= 4 is 28.4 Å². The summed E-state index contributed by atoms with van der Waals surface area (Å²) < 4.78 is 24.7. The van der Waals surface area contributed by atoms with Crippen LogP contribution in [0.1, 0.15) is 20.7 Å². The lowest BCUT2D eigenvalue weighted by Crippen LogP contribution is -2.20. The van der Waals surface area contributed by atoms with Gasteiger partial charge in [0.25, 0.3) is 11.8 Å². The fraction of sp³-hybridized carbons (Fsp3) is 0.115. The highest BCUT2D eigenvalue weighted by molar-refractivity contribution is 6.13. The predicted molar refractivity (Wildman–Crippen MR) is 128 cm³/mol. The molecule has 4 rings (SSSR count).